The molecule has 1 aromatic carbocycles. The number of ether oxygens (including phenoxy) is 1. The fourth-order valence-corrected chi connectivity index (χ4v) is 1.73. The molecule has 1 rings (SSSR count). The highest BCUT2D eigenvalue weighted by Crippen LogP contribution is 2.23. The molecular formula is C13H22N2O. The van der Waals surface area contributed by atoms with Gasteiger partial charge in [0, 0.05) is 6.04 Å². The summed E-state index contributed by atoms with van der Waals surface area (Å²) in [6.45, 7) is 5.42. The molecule has 0 fully saturated rings. The van der Waals surface area contributed by atoms with Gasteiger partial charge in [0.1, 0.15) is 5.75 Å². The number of hydrogen-bond donors (Lipinski definition) is 2. The van der Waals surface area contributed by atoms with Gasteiger partial charge in [-0.15, -0.1) is 0 Å². The monoisotopic (exact) mass is 222 g/mol. The summed E-state index contributed by atoms with van der Waals surface area (Å²) >= 11 is 0. The standard InChI is InChI=1S/C13H22N2O/c1-3-16-13-7-6-11(9-10(13)2)12(15)5-4-8-14/h6-7,9,12H,3-5,8,14-15H2,1-2H3. The van der Waals surface area contributed by atoms with Crippen molar-refractivity contribution >= 4 is 0 Å². The number of benzene rings is 1. The van der Waals surface area contributed by atoms with E-state index in [-0.39, 0.29) is 6.04 Å². The highest BCUT2D eigenvalue weighted by molar-refractivity contribution is 5.37. The van der Waals surface area contributed by atoms with Crippen LogP contribution in [-0.4, -0.2) is 13.2 Å². The number of nitrogens with two attached hydrogens (primary N) is 2. The highest BCUT2D eigenvalue weighted by Gasteiger charge is 2.07. The van der Waals surface area contributed by atoms with E-state index in [9.17, 15) is 0 Å². The van der Waals surface area contributed by atoms with E-state index < -0.39 is 0 Å². The van der Waals surface area contributed by atoms with Crippen LogP contribution >= 0.6 is 0 Å². The van der Waals surface area contributed by atoms with Gasteiger partial charge in [-0.05, 0) is 50.4 Å². The molecule has 90 valence electrons. The van der Waals surface area contributed by atoms with Crippen LogP contribution in [0.5, 0.6) is 5.75 Å². The van der Waals surface area contributed by atoms with Crippen LogP contribution < -0.4 is 16.2 Å². The van der Waals surface area contributed by atoms with Crippen LogP contribution in [0.1, 0.15) is 36.9 Å². The van der Waals surface area contributed by atoms with Crippen molar-refractivity contribution in [1.29, 1.82) is 0 Å². The van der Waals surface area contributed by atoms with Gasteiger partial charge in [-0.1, -0.05) is 12.1 Å². The smallest absolute Gasteiger partial charge is 0.122 e. The minimum atomic E-state index is 0.0814. The lowest BCUT2D eigenvalue weighted by molar-refractivity contribution is 0.337. The van der Waals surface area contributed by atoms with Crippen LogP contribution in [0.25, 0.3) is 0 Å². The van der Waals surface area contributed by atoms with Crippen molar-refractivity contribution in [2.24, 2.45) is 11.5 Å². The van der Waals surface area contributed by atoms with Crippen LogP contribution in [0.4, 0.5) is 0 Å². The van der Waals surface area contributed by atoms with Crippen LogP contribution in [0, 0.1) is 6.92 Å². The van der Waals surface area contributed by atoms with Gasteiger partial charge in [-0.25, -0.2) is 0 Å². The van der Waals surface area contributed by atoms with Gasteiger partial charge < -0.3 is 16.2 Å². The molecule has 0 saturated heterocycles. The minimum absolute atomic E-state index is 0.0814. The first kappa shape index (κ1) is 13.0. The predicted octanol–water partition coefficient (Wildman–Crippen LogP) is 2.13. The van der Waals surface area contributed by atoms with E-state index in [2.05, 4.69) is 6.07 Å². The first-order valence-corrected chi connectivity index (χ1v) is 5.88. The molecule has 0 heterocycles. The van der Waals surface area contributed by atoms with Gasteiger partial charge in [-0.2, -0.15) is 0 Å². The summed E-state index contributed by atoms with van der Waals surface area (Å²) in [5.74, 6) is 0.942. The summed E-state index contributed by atoms with van der Waals surface area (Å²) in [4.78, 5) is 0. The molecule has 3 nitrogen and oxygen atoms in total. The van der Waals surface area contributed by atoms with Crippen molar-refractivity contribution < 1.29 is 4.74 Å². The average Bonchev–Trinajstić information content (AvgIpc) is 2.29. The Bertz CT molecular complexity index is 326. The maximum atomic E-state index is 6.08. The minimum Gasteiger partial charge on any atom is -0.494 e. The molecule has 16 heavy (non-hydrogen) atoms. The molecule has 1 atom stereocenters. The summed E-state index contributed by atoms with van der Waals surface area (Å²) in [7, 11) is 0. The van der Waals surface area contributed by atoms with E-state index in [4.69, 9.17) is 16.2 Å². The molecule has 0 saturated carbocycles. The summed E-state index contributed by atoms with van der Waals surface area (Å²) < 4.78 is 5.49. The Morgan fingerprint density at radius 3 is 2.69 bits per heavy atom. The van der Waals surface area contributed by atoms with Gasteiger partial charge in [0.15, 0.2) is 0 Å². The van der Waals surface area contributed by atoms with Crippen LogP contribution in [0.3, 0.4) is 0 Å². The summed E-state index contributed by atoms with van der Waals surface area (Å²) in [5.41, 5.74) is 13.9. The lowest BCUT2D eigenvalue weighted by Crippen LogP contribution is -2.12. The Kier molecular flexibility index (Phi) is 5.29. The average molecular weight is 222 g/mol. The fourth-order valence-electron chi connectivity index (χ4n) is 1.73. The largest absolute Gasteiger partial charge is 0.494 e. The van der Waals surface area contributed by atoms with Gasteiger partial charge in [-0.3, -0.25) is 0 Å². The Balaban J connectivity index is 2.71. The molecule has 0 aliphatic carbocycles. The molecule has 4 N–H and O–H groups in total. The highest BCUT2D eigenvalue weighted by atomic mass is 16.5. The first-order chi connectivity index (χ1) is 7.69. The van der Waals surface area contributed by atoms with Gasteiger partial charge in [0.05, 0.1) is 6.61 Å². The Labute approximate surface area is 97.8 Å². The topological polar surface area (TPSA) is 61.3 Å². The summed E-state index contributed by atoms with van der Waals surface area (Å²) in [6.07, 6.45) is 1.90. The van der Waals surface area contributed by atoms with E-state index >= 15 is 0 Å². The SMILES string of the molecule is CCOc1ccc(C(N)CCCN)cc1C. The molecule has 0 spiro atoms. The third-order valence-electron chi connectivity index (χ3n) is 2.65. The van der Waals surface area contributed by atoms with Crippen molar-refractivity contribution in [1.82, 2.24) is 0 Å². The first-order valence-electron chi connectivity index (χ1n) is 5.88. The Hall–Kier alpha value is -1.06. The molecule has 1 unspecified atom stereocenters. The summed E-state index contributed by atoms with van der Waals surface area (Å²) in [6, 6.07) is 6.22. The molecule has 0 aliphatic heterocycles. The molecule has 0 aliphatic rings. The van der Waals surface area contributed by atoms with E-state index in [1.807, 2.05) is 26.0 Å². The van der Waals surface area contributed by atoms with Crippen LogP contribution in [0.2, 0.25) is 0 Å². The van der Waals surface area contributed by atoms with Crippen molar-refractivity contribution in [2.45, 2.75) is 32.7 Å². The van der Waals surface area contributed by atoms with Crippen molar-refractivity contribution in [3.05, 3.63) is 29.3 Å². The van der Waals surface area contributed by atoms with E-state index in [0.717, 1.165) is 29.7 Å². The lowest BCUT2D eigenvalue weighted by atomic mass is 10.0. The van der Waals surface area contributed by atoms with E-state index in [0.29, 0.717) is 13.2 Å². The number of rotatable bonds is 6. The third kappa shape index (κ3) is 3.51. The van der Waals surface area contributed by atoms with Crippen molar-refractivity contribution in [3.8, 4) is 5.75 Å². The zero-order valence-electron chi connectivity index (χ0n) is 10.2. The second kappa shape index (κ2) is 6.51. The third-order valence-corrected chi connectivity index (χ3v) is 2.65. The summed E-state index contributed by atoms with van der Waals surface area (Å²) in [5, 5.41) is 0. The van der Waals surface area contributed by atoms with Crippen molar-refractivity contribution in [3.63, 3.8) is 0 Å². The second-order valence-corrected chi connectivity index (χ2v) is 4.00. The fraction of sp³-hybridized carbons (Fsp3) is 0.538. The normalized spacial score (nSPS) is 12.5. The zero-order valence-corrected chi connectivity index (χ0v) is 10.2. The van der Waals surface area contributed by atoms with Gasteiger partial charge in [0.25, 0.3) is 0 Å². The molecule has 0 bridgehead atoms. The molecule has 3 heteroatoms. The lowest BCUT2D eigenvalue weighted by Gasteiger charge is -2.14. The van der Waals surface area contributed by atoms with E-state index in [1.165, 1.54) is 0 Å². The Morgan fingerprint density at radius 1 is 1.38 bits per heavy atom. The molecular weight excluding hydrogens is 200 g/mol. The van der Waals surface area contributed by atoms with Crippen molar-refractivity contribution in [2.75, 3.05) is 13.2 Å². The van der Waals surface area contributed by atoms with E-state index in [1.54, 1.807) is 0 Å². The quantitative estimate of drug-likeness (QED) is 0.775. The molecule has 0 amide bonds. The zero-order chi connectivity index (χ0) is 12.0. The predicted molar refractivity (Wildman–Crippen MR) is 67.6 cm³/mol. The number of aryl methyl sites for hydroxylation is 1. The maximum Gasteiger partial charge on any atom is 0.122 e. The Morgan fingerprint density at radius 2 is 2.12 bits per heavy atom. The molecule has 0 radical (unpaired) electrons. The van der Waals surface area contributed by atoms with Gasteiger partial charge >= 0.3 is 0 Å². The molecule has 1 aromatic rings. The molecule has 0 aromatic heterocycles. The van der Waals surface area contributed by atoms with Crippen LogP contribution in [0.15, 0.2) is 18.2 Å². The second-order valence-electron chi connectivity index (χ2n) is 4.00. The van der Waals surface area contributed by atoms with Gasteiger partial charge in [0.2, 0.25) is 0 Å². The maximum absolute atomic E-state index is 6.08. The number of hydrogen-bond acceptors (Lipinski definition) is 3. The van der Waals surface area contributed by atoms with Crippen LogP contribution in [-0.2, 0) is 0 Å².